The second-order valence-corrected chi connectivity index (χ2v) is 5.36. The van der Waals surface area contributed by atoms with Crippen LogP contribution in [0, 0.1) is 13.8 Å². The average Bonchev–Trinajstić information content (AvgIpc) is 2.29. The molecular weight excluding hydrogens is 222 g/mol. The monoisotopic (exact) mass is 249 g/mol. The molecule has 0 spiro atoms. The summed E-state index contributed by atoms with van der Waals surface area (Å²) in [5.41, 5.74) is 2.51. The van der Waals surface area contributed by atoms with Crippen LogP contribution in [0.4, 0.5) is 0 Å². The lowest BCUT2D eigenvalue weighted by molar-refractivity contribution is 0.182. The van der Waals surface area contributed by atoms with Gasteiger partial charge in [0, 0.05) is 12.6 Å². The fourth-order valence-corrected chi connectivity index (χ4v) is 2.00. The Balaban J connectivity index is 2.64. The first-order chi connectivity index (χ1) is 8.52. The molecule has 102 valence electrons. The Labute approximate surface area is 112 Å². The highest BCUT2D eigenvalue weighted by molar-refractivity contribution is 5.35. The standard InChI is InChI=1S/C16H27NO/c1-6-7-15(11-17-12(2)3)18-16-9-8-13(4)10-14(16)5/h8-10,12,15,17H,6-7,11H2,1-5H3. The lowest BCUT2D eigenvalue weighted by atomic mass is 10.1. The molecule has 1 N–H and O–H groups in total. The van der Waals surface area contributed by atoms with Crippen molar-refractivity contribution in [2.24, 2.45) is 0 Å². The number of rotatable bonds is 7. The van der Waals surface area contributed by atoms with Crippen molar-refractivity contribution in [1.82, 2.24) is 5.32 Å². The second kappa shape index (κ2) is 7.42. The zero-order valence-electron chi connectivity index (χ0n) is 12.4. The molecule has 0 aromatic heterocycles. The van der Waals surface area contributed by atoms with E-state index in [2.05, 4.69) is 58.1 Å². The van der Waals surface area contributed by atoms with Gasteiger partial charge in [0.1, 0.15) is 11.9 Å². The summed E-state index contributed by atoms with van der Waals surface area (Å²) in [5, 5.41) is 3.46. The summed E-state index contributed by atoms with van der Waals surface area (Å²) in [6, 6.07) is 6.88. The Morgan fingerprint density at radius 1 is 1.22 bits per heavy atom. The van der Waals surface area contributed by atoms with Gasteiger partial charge in [-0.2, -0.15) is 0 Å². The molecule has 0 aliphatic rings. The summed E-state index contributed by atoms with van der Waals surface area (Å²) in [7, 11) is 0. The summed E-state index contributed by atoms with van der Waals surface area (Å²) in [4.78, 5) is 0. The fourth-order valence-electron chi connectivity index (χ4n) is 2.00. The SMILES string of the molecule is CCCC(CNC(C)C)Oc1ccc(C)cc1C. The highest BCUT2D eigenvalue weighted by Crippen LogP contribution is 2.21. The molecule has 1 atom stereocenters. The minimum Gasteiger partial charge on any atom is -0.489 e. The van der Waals surface area contributed by atoms with Crippen LogP contribution in [-0.4, -0.2) is 18.7 Å². The van der Waals surface area contributed by atoms with Crippen LogP contribution in [0.2, 0.25) is 0 Å². The van der Waals surface area contributed by atoms with Crippen LogP contribution in [0.25, 0.3) is 0 Å². The Morgan fingerprint density at radius 2 is 1.94 bits per heavy atom. The predicted octanol–water partition coefficient (Wildman–Crippen LogP) is 3.85. The van der Waals surface area contributed by atoms with Crippen LogP contribution in [0.3, 0.4) is 0 Å². The first-order valence-corrected chi connectivity index (χ1v) is 7.00. The van der Waals surface area contributed by atoms with Crippen LogP contribution in [0.15, 0.2) is 18.2 Å². The molecule has 0 aliphatic carbocycles. The molecule has 0 aliphatic heterocycles. The van der Waals surface area contributed by atoms with E-state index in [4.69, 9.17) is 4.74 Å². The highest BCUT2D eigenvalue weighted by atomic mass is 16.5. The zero-order chi connectivity index (χ0) is 13.5. The Morgan fingerprint density at radius 3 is 2.50 bits per heavy atom. The molecule has 0 fully saturated rings. The molecular formula is C16H27NO. The zero-order valence-corrected chi connectivity index (χ0v) is 12.4. The van der Waals surface area contributed by atoms with Gasteiger partial charge in [0.25, 0.3) is 0 Å². The van der Waals surface area contributed by atoms with Gasteiger partial charge >= 0.3 is 0 Å². The molecule has 0 heterocycles. The van der Waals surface area contributed by atoms with Gasteiger partial charge in [-0.15, -0.1) is 0 Å². The van der Waals surface area contributed by atoms with Crippen molar-refractivity contribution in [3.8, 4) is 5.75 Å². The van der Waals surface area contributed by atoms with Gasteiger partial charge < -0.3 is 10.1 Å². The third-order valence-electron chi connectivity index (χ3n) is 2.99. The van der Waals surface area contributed by atoms with E-state index >= 15 is 0 Å². The molecule has 1 aromatic rings. The topological polar surface area (TPSA) is 21.3 Å². The van der Waals surface area contributed by atoms with Gasteiger partial charge in [-0.05, 0) is 31.9 Å². The second-order valence-electron chi connectivity index (χ2n) is 5.36. The number of aryl methyl sites for hydroxylation is 2. The first kappa shape index (κ1) is 15.0. The van der Waals surface area contributed by atoms with Crippen molar-refractivity contribution in [3.05, 3.63) is 29.3 Å². The smallest absolute Gasteiger partial charge is 0.122 e. The largest absolute Gasteiger partial charge is 0.489 e. The average molecular weight is 249 g/mol. The summed E-state index contributed by atoms with van der Waals surface area (Å²) in [5.74, 6) is 1.02. The van der Waals surface area contributed by atoms with Gasteiger partial charge in [-0.3, -0.25) is 0 Å². The van der Waals surface area contributed by atoms with Crippen molar-refractivity contribution in [3.63, 3.8) is 0 Å². The Bertz CT molecular complexity index is 360. The van der Waals surface area contributed by atoms with E-state index in [-0.39, 0.29) is 6.10 Å². The summed E-state index contributed by atoms with van der Waals surface area (Å²) < 4.78 is 6.13. The van der Waals surface area contributed by atoms with Crippen molar-refractivity contribution < 1.29 is 4.74 Å². The van der Waals surface area contributed by atoms with Gasteiger partial charge in [0.05, 0.1) is 0 Å². The van der Waals surface area contributed by atoms with Crippen molar-refractivity contribution in [2.75, 3.05) is 6.54 Å². The maximum Gasteiger partial charge on any atom is 0.122 e. The quantitative estimate of drug-likeness (QED) is 0.792. The molecule has 2 nitrogen and oxygen atoms in total. The number of ether oxygens (including phenoxy) is 1. The lowest BCUT2D eigenvalue weighted by Crippen LogP contribution is -2.35. The van der Waals surface area contributed by atoms with Crippen LogP contribution in [0.5, 0.6) is 5.75 Å². The van der Waals surface area contributed by atoms with Crippen molar-refractivity contribution >= 4 is 0 Å². The van der Waals surface area contributed by atoms with E-state index < -0.39 is 0 Å². The van der Waals surface area contributed by atoms with E-state index in [9.17, 15) is 0 Å². The van der Waals surface area contributed by atoms with E-state index in [1.165, 1.54) is 11.1 Å². The van der Waals surface area contributed by atoms with Gasteiger partial charge in [-0.25, -0.2) is 0 Å². The minimum absolute atomic E-state index is 0.263. The van der Waals surface area contributed by atoms with Crippen LogP contribution in [-0.2, 0) is 0 Å². The van der Waals surface area contributed by atoms with E-state index in [0.717, 1.165) is 25.1 Å². The molecule has 1 aromatic carbocycles. The molecule has 1 unspecified atom stereocenters. The Kier molecular flexibility index (Phi) is 6.20. The van der Waals surface area contributed by atoms with Crippen LogP contribution in [0.1, 0.15) is 44.7 Å². The van der Waals surface area contributed by atoms with E-state index in [0.29, 0.717) is 6.04 Å². The molecule has 18 heavy (non-hydrogen) atoms. The number of nitrogens with one attached hydrogen (secondary N) is 1. The van der Waals surface area contributed by atoms with Crippen LogP contribution >= 0.6 is 0 Å². The predicted molar refractivity (Wildman–Crippen MR) is 78.4 cm³/mol. The van der Waals surface area contributed by atoms with Gasteiger partial charge in [-0.1, -0.05) is 44.9 Å². The van der Waals surface area contributed by atoms with Crippen LogP contribution < -0.4 is 10.1 Å². The number of benzene rings is 1. The third kappa shape index (κ3) is 5.09. The Hall–Kier alpha value is -1.02. The maximum absolute atomic E-state index is 6.13. The van der Waals surface area contributed by atoms with Gasteiger partial charge in [0.15, 0.2) is 0 Å². The molecule has 0 radical (unpaired) electrons. The van der Waals surface area contributed by atoms with Crippen molar-refractivity contribution in [1.29, 1.82) is 0 Å². The maximum atomic E-state index is 6.13. The van der Waals surface area contributed by atoms with E-state index in [1.54, 1.807) is 0 Å². The molecule has 0 saturated heterocycles. The molecule has 0 saturated carbocycles. The minimum atomic E-state index is 0.263. The molecule has 0 bridgehead atoms. The number of hydrogen-bond donors (Lipinski definition) is 1. The summed E-state index contributed by atoms with van der Waals surface area (Å²) in [6.45, 7) is 11.7. The molecule has 2 heteroatoms. The van der Waals surface area contributed by atoms with Gasteiger partial charge in [0.2, 0.25) is 0 Å². The van der Waals surface area contributed by atoms with E-state index in [1.807, 2.05) is 0 Å². The molecule has 1 rings (SSSR count). The normalized spacial score (nSPS) is 12.8. The van der Waals surface area contributed by atoms with Crippen molar-refractivity contribution in [2.45, 2.75) is 59.6 Å². The highest BCUT2D eigenvalue weighted by Gasteiger charge is 2.11. The number of hydrogen-bond acceptors (Lipinski definition) is 2. The fraction of sp³-hybridized carbons (Fsp3) is 0.625. The third-order valence-corrected chi connectivity index (χ3v) is 2.99. The summed E-state index contributed by atoms with van der Waals surface area (Å²) in [6.07, 6.45) is 2.50. The summed E-state index contributed by atoms with van der Waals surface area (Å²) >= 11 is 0. The molecule has 0 amide bonds. The first-order valence-electron chi connectivity index (χ1n) is 7.00. The lowest BCUT2D eigenvalue weighted by Gasteiger charge is -2.22.